The van der Waals surface area contributed by atoms with E-state index in [0.29, 0.717) is 43.9 Å². The Balaban J connectivity index is 1.74. The van der Waals surface area contributed by atoms with Crippen LogP contribution in [-0.4, -0.2) is 78.1 Å². The molecule has 0 spiro atoms. The van der Waals surface area contributed by atoms with E-state index >= 15 is 0 Å². The largest absolute Gasteiger partial charge is 0.469 e. The molecule has 4 atom stereocenters. The zero-order chi connectivity index (χ0) is 30.1. The van der Waals surface area contributed by atoms with Crippen molar-refractivity contribution in [2.45, 2.75) is 71.6 Å². The van der Waals surface area contributed by atoms with Gasteiger partial charge in [-0.15, -0.1) is 22.7 Å². The number of hydrogen-bond acceptors (Lipinski definition) is 11. The van der Waals surface area contributed by atoms with Crippen LogP contribution in [0.1, 0.15) is 73.6 Å². The number of hydrogen-bond donors (Lipinski definition) is 1. The zero-order valence-corrected chi connectivity index (χ0v) is 26.1. The first kappa shape index (κ1) is 32.6. The van der Waals surface area contributed by atoms with Crippen molar-refractivity contribution in [3.63, 3.8) is 0 Å². The van der Waals surface area contributed by atoms with Crippen molar-refractivity contribution < 1.29 is 33.4 Å². The van der Waals surface area contributed by atoms with E-state index < -0.39 is 23.9 Å². The molecule has 3 rings (SSSR count). The third-order valence-corrected chi connectivity index (χ3v) is 8.84. The van der Waals surface area contributed by atoms with Crippen LogP contribution < -0.4 is 5.32 Å². The maximum absolute atomic E-state index is 13.3. The zero-order valence-electron chi connectivity index (χ0n) is 24.5. The topological polar surface area (TPSA) is 137 Å². The summed E-state index contributed by atoms with van der Waals surface area (Å²) in [5, 5.41) is 7.79. The fourth-order valence-corrected chi connectivity index (χ4v) is 6.29. The minimum Gasteiger partial charge on any atom is -0.469 e. The van der Waals surface area contributed by atoms with E-state index in [1.54, 1.807) is 30.4 Å². The van der Waals surface area contributed by atoms with Crippen molar-refractivity contribution in [3.8, 4) is 0 Å². The van der Waals surface area contributed by atoms with E-state index in [-0.39, 0.29) is 41.5 Å². The third kappa shape index (κ3) is 9.57. The molecule has 0 saturated carbocycles. The number of nitrogens with one attached hydrogen (secondary N) is 1. The summed E-state index contributed by atoms with van der Waals surface area (Å²) in [6, 6.07) is -0.584. The van der Waals surface area contributed by atoms with Crippen LogP contribution in [0.4, 0.5) is 0 Å². The maximum Gasteiger partial charge on any atom is 0.308 e. The highest BCUT2D eigenvalue weighted by Gasteiger charge is 2.33. The van der Waals surface area contributed by atoms with Crippen molar-refractivity contribution in [3.05, 3.63) is 32.7 Å². The normalized spacial score (nSPS) is 16.3. The van der Waals surface area contributed by atoms with Crippen molar-refractivity contribution in [1.82, 2.24) is 20.2 Å². The predicted molar refractivity (Wildman–Crippen MR) is 154 cm³/mol. The molecule has 2 amide bonds. The van der Waals surface area contributed by atoms with Crippen LogP contribution in [0.15, 0.2) is 17.0 Å². The fraction of sp³-hybridized carbons (Fsp3) is 0.643. The molecule has 1 aliphatic heterocycles. The Morgan fingerprint density at radius 2 is 1.90 bits per heavy atom. The number of carbonyl (C=O) groups excluding carboxylic acids is 4. The summed E-state index contributed by atoms with van der Waals surface area (Å²) in [5.41, 5.74) is 0.188. The highest BCUT2D eigenvalue weighted by molar-refractivity contribution is 7.10. The molecule has 1 fully saturated rings. The van der Waals surface area contributed by atoms with Crippen molar-refractivity contribution in [1.29, 1.82) is 0 Å². The second-order valence-corrected chi connectivity index (χ2v) is 12.7. The molecular weight excluding hydrogens is 568 g/mol. The van der Waals surface area contributed by atoms with Gasteiger partial charge >= 0.3 is 11.9 Å². The molecule has 1 N–H and O–H groups in total. The summed E-state index contributed by atoms with van der Waals surface area (Å²) in [7, 11) is 3.11. The quantitative estimate of drug-likeness (QED) is 0.300. The van der Waals surface area contributed by atoms with Crippen LogP contribution in [0.25, 0.3) is 0 Å². The van der Waals surface area contributed by atoms with Gasteiger partial charge in [-0.1, -0.05) is 20.8 Å². The Kier molecular flexibility index (Phi) is 12.2. The van der Waals surface area contributed by atoms with Gasteiger partial charge in [-0.2, -0.15) is 0 Å². The van der Waals surface area contributed by atoms with Crippen LogP contribution >= 0.6 is 22.7 Å². The van der Waals surface area contributed by atoms with Gasteiger partial charge in [0.2, 0.25) is 5.91 Å². The van der Waals surface area contributed by atoms with Crippen molar-refractivity contribution >= 4 is 46.4 Å². The number of esters is 2. The van der Waals surface area contributed by atoms with E-state index in [1.165, 1.54) is 36.7 Å². The molecule has 2 aromatic heterocycles. The van der Waals surface area contributed by atoms with Crippen LogP contribution in [0.3, 0.4) is 0 Å². The SMILES string of the molecule is COC(=O)[C@@H](C)C[C@H](Cc1nccs1)NC(=O)c1csc([C@@H](CC(C(C)C)N(C)C(=O)CC2COC2)OC(C)=O)n1. The van der Waals surface area contributed by atoms with Gasteiger partial charge in [0.15, 0.2) is 6.10 Å². The lowest BCUT2D eigenvalue weighted by Crippen LogP contribution is -2.44. The second kappa shape index (κ2) is 15.4. The van der Waals surface area contributed by atoms with E-state index in [1.807, 2.05) is 19.2 Å². The molecule has 2 aromatic rings. The van der Waals surface area contributed by atoms with Crippen LogP contribution in [0.2, 0.25) is 0 Å². The van der Waals surface area contributed by atoms with E-state index in [9.17, 15) is 19.2 Å². The number of ether oxygens (including phenoxy) is 3. The van der Waals surface area contributed by atoms with Gasteiger partial charge in [0.05, 0.1) is 31.2 Å². The molecule has 11 nitrogen and oxygen atoms in total. The van der Waals surface area contributed by atoms with Crippen molar-refractivity contribution in [2.75, 3.05) is 27.4 Å². The number of nitrogens with zero attached hydrogens (tertiary/aromatic N) is 3. The number of methoxy groups -OCH3 is 1. The van der Waals surface area contributed by atoms with Crippen LogP contribution in [0, 0.1) is 17.8 Å². The number of amides is 2. The lowest BCUT2D eigenvalue weighted by Gasteiger charge is -2.35. The first-order chi connectivity index (χ1) is 19.5. The Morgan fingerprint density at radius 3 is 2.46 bits per heavy atom. The maximum atomic E-state index is 13.3. The van der Waals surface area contributed by atoms with E-state index in [4.69, 9.17) is 14.2 Å². The fourth-order valence-electron chi connectivity index (χ4n) is 4.76. The summed E-state index contributed by atoms with van der Waals surface area (Å²) < 4.78 is 15.7. The summed E-state index contributed by atoms with van der Waals surface area (Å²) >= 11 is 2.70. The smallest absolute Gasteiger partial charge is 0.308 e. The molecule has 0 radical (unpaired) electrons. The summed E-state index contributed by atoms with van der Waals surface area (Å²) in [6.07, 6.45) is 2.56. The Labute approximate surface area is 249 Å². The Morgan fingerprint density at radius 1 is 1.17 bits per heavy atom. The highest BCUT2D eigenvalue weighted by atomic mass is 32.1. The lowest BCUT2D eigenvalue weighted by atomic mass is 9.95. The molecule has 1 aliphatic rings. The molecule has 0 bridgehead atoms. The van der Waals surface area contributed by atoms with Gasteiger partial charge in [-0.05, 0) is 12.3 Å². The molecule has 1 unspecified atom stereocenters. The molecule has 226 valence electrons. The Hall–Kier alpha value is -2.90. The predicted octanol–water partition coefficient (Wildman–Crippen LogP) is 3.65. The minimum atomic E-state index is -0.723. The van der Waals surface area contributed by atoms with E-state index in [2.05, 4.69) is 15.3 Å². The second-order valence-electron chi connectivity index (χ2n) is 10.8. The molecule has 3 heterocycles. The summed E-state index contributed by atoms with van der Waals surface area (Å²) in [6.45, 7) is 8.31. The van der Waals surface area contributed by atoms with Gasteiger partial charge in [-0.3, -0.25) is 19.2 Å². The van der Waals surface area contributed by atoms with Gasteiger partial charge in [0, 0.05) is 68.2 Å². The highest BCUT2D eigenvalue weighted by Crippen LogP contribution is 2.31. The number of thiazole rings is 2. The van der Waals surface area contributed by atoms with Crippen molar-refractivity contribution in [2.24, 2.45) is 17.8 Å². The summed E-state index contributed by atoms with van der Waals surface area (Å²) in [4.78, 5) is 60.8. The molecule has 0 aromatic carbocycles. The Bertz CT molecular complexity index is 1170. The van der Waals surface area contributed by atoms with Gasteiger partial charge in [-0.25, -0.2) is 9.97 Å². The van der Waals surface area contributed by atoms with Crippen LogP contribution in [-0.2, 0) is 35.0 Å². The number of carbonyl (C=O) groups is 4. The first-order valence-corrected chi connectivity index (χ1v) is 15.5. The molecular formula is C28H40N4O7S2. The van der Waals surface area contributed by atoms with Gasteiger partial charge < -0.3 is 24.4 Å². The number of aromatic nitrogens is 2. The molecule has 0 aliphatic carbocycles. The average molecular weight is 609 g/mol. The summed E-state index contributed by atoms with van der Waals surface area (Å²) in [5.74, 6) is -1.31. The van der Waals surface area contributed by atoms with Crippen LogP contribution in [0.5, 0.6) is 0 Å². The molecule has 1 saturated heterocycles. The monoisotopic (exact) mass is 608 g/mol. The van der Waals surface area contributed by atoms with Gasteiger partial charge in [0.25, 0.3) is 5.91 Å². The van der Waals surface area contributed by atoms with E-state index in [0.717, 1.165) is 5.01 Å². The lowest BCUT2D eigenvalue weighted by molar-refractivity contribution is -0.149. The number of rotatable bonds is 15. The minimum absolute atomic E-state index is 0.0187. The first-order valence-electron chi connectivity index (χ1n) is 13.7. The third-order valence-electron chi connectivity index (χ3n) is 7.11. The standard InChI is InChI=1S/C28H40N4O7S2/c1-16(2)22(32(5)25(34)10-19-13-38-14-19)12-23(39-18(4)33)27-31-21(15-41-27)26(35)30-20(9-17(3)28(36)37-6)11-24-29-7-8-40-24/h7-8,15-17,19-20,22-23H,9-14H2,1-6H3,(H,30,35)/t17-,20+,22?,23+/m0/s1. The molecule has 13 heteroatoms. The molecule has 41 heavy (non-hydrogen) atoms. The average Bonchev–Trinajstić information content (AvgIpc) is 3.59. The van der Waals surface area contributed by atoms with Gasteiger partial charge in [0.1, 0.15) is 10.7 Å².